The Morgan fingerprint density at radius 3 is 2.86 bits per heavy atom. The molecular formula is C15H20N4O3. The van der Waals surface area contributed by atoms with Crippen LogP contribution in [0.3, 0.4) is 0 Å². The van der Waals surface area contributed by atoms with E-state index in [1.165, 1.54) is 6.20 Å². The molecule has 2 aromatic heterocycles. The number of aliphatic hydroxyl groups is 1. The molecule has 0 atom stereocenters. The molecule has 0 aliphatic carbocycles. The molecule has 0 saturated heterocycles. The molecule has 0 saturated carbocycles. The average molecular weight is 304 g/mol. The first-order chi connectivity index (χ1) is 10.7. The van der Waals surface area contributed by atoms with E-state index in [4.69, 9.17) is 9.84 Å². The molecule has 0 radical (unpaired) electrons. The van der Waals surface area contributed by atoms with E-state index in [0.717, 1.165) is 31.4 Å². The normalized spacial score (nSPS) is 10.6. The molecule has 0 spiro atoms. The largest absolute Gasteiger partial charge is 0.462 e. The number of esters is 1. The highest BCUT2D eigenvalue weighted by molar-refractivity contribution is 5.89. The molecule has 0 aromatic carbocycles. The summed E-state index contributed by atoms with van der Waals surface area (Å²) in [4.78, 5) is 15.8. The number of carbonyl (C=O) groups excluding carboxylic acids is 1. The van der Waals surface area contributed by atoms with Crippen LogP contribution in [0.15, 0.2) is 24.5 Å². The summed E-state index contributed by atoms with van der Waals surface area (Å²) in [6.45, 7) is 2.32. The molecule has 118 valence electrons. The maximum atomic E-state index is 11.6. The Labute approximate surface area is 128 Å². The fourth-order valence-corrected chi connectivity index (χ4v) is 1.98. The monoisotopic (exact) mass is 304 g/mol. The van der Waals surface area contributed by atoms with Gasteiger partial charge < -0.3 is 9.84 Å². The third kappa shape index (κ3) is 4.36. The molecule has 2 rings (SSSR count). The highest BCUT2D eigenvalue weighted by Gasteiger charge is 2.08. The number of hydrogen-bond donors (Lipinski definition) is 1. The lowest BCUT2D eigenvalue weighted by atomic mass is 10.2. The standard InChI is InChI=1S/C15H20N4O3/c1-2-22-15(21)12-7-8-14(16-10-12)19-11-13(17-18-19)6-4-3-5-9-20/h7-8,10-11,20H,2-6,9H2,1H3. The van der Waals surface area contributed by atoms with Gasteiger partial charge in [0.1, 0.15) is 0 Å². The SMILES string of the molecule is CCOC(=O)c1ccc(-n2cc(CCCCCO)nn2)nc1. The third-order valence-corrected chi connectivity index (χ3v) is 3.13. The van der Waals surface area contributed by atoms with Crippen molar-refractivity contribution >= 4 is 5.97 Å². The van der Waals surface area contributed by atoms with Gasteiger partial charge in [0.25, 0.3) is 0 Å². The van der Waals surface area contributed by atoms with Crippen molar-refractivity contribution in [3.63, 3.8) is 0 Å². The highest BCUT2D eigenvalue weighted by atomic mass is 16.5. The van der Waals surface area contributed by atoms with E-state index in [1.807, 2.05) is 6.20 Å². The number of ether oxygens (including phenoxy) is 1. The summed E-state index contributed by atoms with van der Waals surface area (Å²) < 4.78 is 6.49. The number of aliphatic hydroxyl groups excluding tert-OH is 1. The van der Waals surface area contributed by atoms with Crippen molar-refractivity contribution in [2.75, 3.05) is 13.2 Å². The van der Waals surface area contributed by atoms with E-state index < -0.39 is 0 Å². The molecule has 0 aliphatic rings. The Kier molecular flexibility index (Phi) is 6.02. The summed E-state index contributed by atoms with van der Waals surface area (Å²) >= 11 is 0. The maximum absolute atomic E-state index is 11.6. The van der Waals surface area contributed by atoms with Gasteiger partial charge >= 0.3 is 5.97 Å². The number of nitrogens with zero attached hydrogens (tertiary/aromatic N) is 4. The zero-order chi connectivity index (χ0) is 15.8. The number of hydrogen-bond acceptors (Lipinski definition) is 6. The van der Waals surface area contributed by atoms with Crippen LogP contribution in [-0.2, 0) is 11.2 Å². The zero-order valence-electron chi connectivity index (χ0n) is 12.6. The van der Waals surface area contributed by atoms with E-state index >= 15 is 0 Å². The lowest BCUT2D eigenvalue weighted by molar-refractivity contribution is 0.0526. The second-order valence-electron chi connectivity index (χ2n) is 4.81. The molecule has 1 N–H and O–H groups in total. The van der Waals surface area contributed by atoms with Crippen LogP contribution >= 0.6 is 0 Å². The van der Waals surface area contributed by atoms with Crippen LogP contribution in [0.2, 0.25) is 0 Å². The van der Waals surface area contributed by atoms with Crippen LogP contribution in [0, 0.1) is 0 Å². The van der Waals surface area contributed by atoms with Crippen molar-refractivity contribution < 1.29 is 14.6 Å². The van der Waals surface area contributed by atoms with Crippen molar-refractivity contribution in [1.82, 2.24) is 20.0 Å². The predicted molar refractivity (Wildman–Crippen MR) is 79.8 cm³/mol. The number of unbranched alkanes of at least 4 members (excludes halogenated alkanes) is 2. The Morgan fingerprint density at radius 2 is 2.18 bits per heavy atom. The second kappa shape index (κ2) is 8.23. The zero-order valence-corrected chi connectivity index (χ0v) is 12.6. The van der Waals surface area contributed by atoms with Crippen LogP contribution in [0.4, 0.5) is 0 Å². The van der Waals surface area contributed by atoms with E-state index in [9.17, 15) is 4.79 Å². The molecule has 0 bridgehead atoms. The molecule has 0 aliphatic heterocycles. The average Bonchev–Trinajstić information content (AvgIpc) is 3.01. The molecular weight excluding hydrogens is 284 g/mol. The Hall–Kier alpha value is -2.28. The van der Waals surface area contributed by atoms with Crippen molar-refractivity contribution in [2.45, 2.75) is 32.6 Å². The molecule has 0 unspecified atom stereocenters. The van der Waals surface area contributed by atoms with Gasteiger partial charge in [0.15, 0.2) is 5.82 Å². The minimum atomic E-state index is -0.385. The van der Waals surface area contributed by atoms with Crippen molar-refractivity contribution in [2.24, 2.45) is 0 Å². The van der Waals surface area contributed by atoms with Crippen LogP contribution in [-0.4, -0.2) is 44.3 Å². The molecule has 0 amide bonds. The van der Waals surface area contributed by atoms with Crippen LogP contribution in [0.5, 0.6) is 0 Å². The summed E-state index contributed by atoms with van der Waals surface area (Å²) in [5.74, 6) is 0.215. The molecule has 22 heavy (non-hydrogen) atoms. The van der Waals surface area contributed by atoms with Crippen LogP contribution < -0.4 is 0 Å². The maximum Gasteiger partial charge on any atom is 0.339 e. The lowest BCUT2D eigenvalue weighted by Crippen LogP contribution is -2.06. The molecule has 0 fully saturated rings. The highest BCUT2D eigenvalue weighted by Crippen LogP contribution is 2.08. The number of rotatable bonds is 8. The third-order valence-electron chi connectivity index (χ3n) is 3.13. The lowest BCUT2D eigenvalue weighted by Gasteiger charge is -2.02. The fourth-order valence-electron chi connectivity index (χ4n) is 1.98. The Bertz CT molecular complexity index is 595. The second-order valence-corrected chi connectivity index (χ2v) is 4.81. The predicted octanol–water partition coefficient (Wildman–Crippen LogP) is 1.54. The molecule has 2 aromatic rings. The number of pyridine rings is 1. The van der Waals surface area contributed by atoms with Crippen LogP contribution in [0.25, 0.3) is 5.82 Å². The van der Waals surface area contributed by atoms with E-state index in [2.05, 4.69) is 15.3 Å². The first kappa shape index (κ1) is 16.1. The van der Waals surface area contributed by atoms with Gasteiger partial charge in [0, 0.05) is 12.8 Å². The summed E-state index contributed by atoms with van der Waals surface area (Å²) in [7, 11) is 0. The van der Waals surface area contributed by atoms with E-state index in [-0.39, 0.29) is 12.6 Å². The van der Waals surface area contributed by atoms with E-state index in [0.29, 0.717) is 18.0 Å². The molecule has 2 heterocycles. The smallest absolute Gasteiger partial charge is 0.339 e. The minimum absolute atomic E-state index is 0.226. The molecule has 7 nitrogen and oxygen atoms in total. The van der Waals surface area contributed by atoms with Crippen molar-refractivity contribution in [3.8, 4) is 5.82 Å². The van der Waals surface area contributed by atoms with Gasteiger partial charge in [0.05, 0.1) is 24.1 Å². The first-order valence-corrected chi connectivity index (χ1v) is 7.40. The minimum Gasteiger partial charge on any atom is -0.462 e. The topological polar surface area (TPSA) is 90.1 Å². The van der Waals surface area contributed by atoms with Crippen molar-refractivity contribution in [1.29, 1.82) is 0 Å². The van der Waals surface area contributed by atoms with Crippen LogP contribution in [0.1, 0.15) is 42.2 Å². The fraction of sp³-hybridized carbons (Fsp3) is 0.467. The van der Waals surface area contributed by atoms with Gasteiger partial charge in [-0.1, -0.05) is 11.6 Å². The van der Waals surface area contributed by atoms with Gasteiger partial charge in [-0.25, -0.2) is 14.5 Å². The summed E-state index contributed by atoms with van der Waals surface area (Å²) in [6, 6.07) is 3.36. The summed E-state index contributed by atoms with van der Waals surface area (Å²) in [5, 5.41) is 16.9. The number of aromatic nitrogens is 4. The van der Waals surface area contributed by atoms with Gasteiger partial charge in [-0.05, 0) is 38.3 Å². The van der Waals surface area contributed by atoms with Gasteiger partial charge in [0.2, 0.25) is 0 Å². The molecule has 7 heteroatoms. The number of aryl methyl sites for hydroxylation is 1. The Balaban J connectivity index is 1.97. The Morgan fingerprint density at radius 1 is 1.32 bits per heavy atom. The van der Waals surface area contributed by atoms with E-state index in [1.54, 1.807) is 23.7 Å². The van der Waals surface area contributed by atoms with Gasteiger partial charge in [-0.2, -0.15) is 0 Å². The quantitative estimate of drug-likeness (QED) is 0.588. The number of carbonyl (C=O) groups is 1. The first-order valence-electron chi connectivity index (χ1n) is 7.40. The van der Waals surface area contributed by atoms with Crippen molar-refractivity contribution in [3.05, 3.63) is 35.8 Å². The van der Waals surface area contributed by atoms with Gasteiger partial charge in [-0.3, -0.25) is 0 Å². The summed E-state index contributed by atoms with van der Waals surface area (Å²) in [5.41, 5.74) is 1.30. The van der Waals surface area contributed by atoms with Gasteiger partial charge in [-0.15, -0.1) is 5.10 Å². The summed E-state index contributed by atoms with van der Waals surface area (Å²) in [6.07, 6.45) is 6.86.